The van der Waals surface area contributed by atoms with Crippen molar-refractivity contribution >= 4 is 10.0 Å². The summed E-state index contributed by atoms with van der Waals surface area (Å²) < 4.78 is 27.6. The van der Waals surface area contributed by atoms with E-state index < -0.39 is 10.0 Å². The van der Waals surface area contributed by atoms with E-state index in [1.54, 1.807) is 12.1 Å². The fourth-order valence-electron chi connectivity index (χ4n) is 2.89. The molecule has 0 heterocycles. The van der Waals surface area contributed by atoms with Gasteiger partial charge in [-0.15, -0.1) is 0 Å². The molecule has 1 aliphatic carbocycles. The van der Waals surface area contributed by atoms with Crippen molar-refractivity contribution in [2.24, 2.45) is 5.92 Å². The van der Waals surface area contributed by atoms with Gasteiger partial charge in [0.2, 0.25) is 10.0 Å². The first-order valence-corrected chi connectivity index (χ1v) is 9.19. The fraction of sp³-hybridized carbons (Fsp3) is 0.625. The van der Waals surface area contributed by atoms with Gasteiger partial charge in [0.05, 0.1) is 4.90 Å². The summed E-state index contributed by atoms with van der Waals surface area (Å²) in [6, 6.07) is 6.98. The molecule has 3 unspecified atom stereocenters. The van der Waals surface area contributed by atoms with Crippen LogP contribution in [0.2, 0.25) is 0 Å². The van der Waals surface area contributed by atoms with Crippen molar-refractivity contribution in [2.75, 3.05) is 6.61 Å². The third-order valence-electron chi connectivity index (χ3n) is 4.57. The van der Waals surface area contributed by atoms with E-state index in [4.69, 9.17) is 0 Å². The lowest BCUT2D eigenvalue weighted by Gasteiger charge is -2.19. The highest BCUT2D eigenvalue weighted by Crippen LogP contribution is 2.27. The number of sulfonamides is 1. The number of nitrogens with one attached hydrogen (secondary N) is 1. The Labute approximate surface area is 127 Å². The molecule has 0 radical (unpaired) electrons. The molecular formula is C16H25NO3S. The zero-order valence-electron chi connectivity index (χ0n) is 12.7. The first kappa shape index (κ1) is 16.5. The maximum atomic E-state index is 12.4. The molecule has 1 aliphatic rings. The van der Waals surface area contributed by atoms with E-state index in [9.17, 15) is 13.5 Å². The number of aliphatic hydroxyl groups excluding tert-OH is 1. The molecule has 118 valence electrons. The van der Waals surface area contributed by atoms with Gasteiger partial charge in [-0.2, -0.15) is 0 Å². The van der Waals surface area contributed by atoms with Gasteiger partial charge in [-0.3, -0.25) is 0 Å². The molecule has 0 aliphatic heterocycles. The second-order valence-corrected chi connectivity index (χ2v) is 7.69. The second-order valence-electron chi connectivity index (χ2n) is 5.98. The van der Waals surface area contributed by atoms with Crippen LogP contribution in [0.3, 0.4) is 0 Å². The Kier molecular flexibility index (Phi) is 5.41. The predicted octanol–water partition coefficient (Wildman–Crippen LogP) is 2.64. The summed E-state index contributed by atoms with van der Waals surface area (Å²) in [4.78, 5) is 0.304. The molecule has 3 atom stereocenters. The molecule has 1 fully saturated rings. The molecule has 5 heteroatoms. The number of aliphatic hydroxyl groups is 1. The van der Waals surface area contributed by atoms with Gasteiger partial charge in [-0.05, 0) is 48.8 Å². The summed E-state index contributed by atoms with van der Waals surface area (Å²) in [5.41, 5.74) is 1.16. The van der Waals surface area contributed by atoms with Crippen LogP contribution >= 0.6 is 0 Å². The average molecular weight is 311 g/mol. The zero-order valence-corrected chi connectivity index (χ0v) is 13.6. The van der Waals surface area contributed by atoms with Crippen molar-refractivity contribution in [3.05, 3.63) is 29.8 Å². The molecule has 0 bridgehead atoms. The smallest absolute Gasteiger partial charge is 0.240 e. The molecule has 0 aromatic heterocycles. The molecular weight excluding hydrogens is 286 g/mol. The van der Waals surface area contributed by atoms with E-state index in [1.807, 2.05) is 12.1 Å². The van der Waals surface area contributed by atoms with Crippen molar-refractivity contribution in [2.45, 2.75) is 56.4 Å². The highest BCUT2D eigenvalue weighted by molar-refractivity contribution is 7.89. The SMILES string of the molecule is CCC(C)c1ccc(S(=O)(=O)NC2CCCC2CO)cc1. The van der Waals surface area contributed by atoms with Crippen molar-refractivity contribution < 1.29 is 13.5 Å². The lowest BCUT2D eigenvalue weighted by molar-refractivity contribution is 0.213. The standard InChI is InChI=1S/C16H25NO3S/c1-3-12(2)13-7-9-15(10-8-13)21(19,20)17-16-6-4-5-14(16)11-18/h7-10,12,14,16-18H,3-6,11H2,1-2H3. The summed E-state index contributed by atoms with van der Waals surface area (Å²) in [6.45, 7) is 4.29. The minimum absolute atomic E-state index is 0.0409. The van der Waals surface area contributed by atoms with Crippen molar-refractivity contribution in [3.63, 3.8) is 0 Å². The van der Waals surface area contributed by atoms with Gasteiger partial charge in [0.1, 0.15) is 0 Å². The van der Waals surface area contributed by atoms with Crippen LogP contribution in [0.1, 0.15) is 51.0 Å². The lowest BCUT2D eigenvalue weighted by Crippen LogP contribution is -2.38. The normalized spacial score (nSPS) is 24.1. The van der Waals surface area contributed by atoms with Crippen LogP contribution in [0.25, 0.3) is 0 Å². The van der Waals surface area contributed by atoms with Crippen LogP contribution < -0.4 is 4.72 Å². The van der Waals surface area contributed by atoms with Crippen LogP contribution in [0, 0.1) is 5.92 Å². The van der Waals surface area contributed by atoms with E-state index in [1.165, 1.54) is 0 Å². The molecule has 0 spiro atoms. The second kappa shape index (κ2) is 6.90. The predicted molar refractivity (Wildman–Crippen MR) is 83.7 cm³/mol. The van der Waals surface area contributed by atoms with E-state index >= 15 is 0 Å². The van der Waals surface area contributed by atoms with E-state index in [0.29, 0.717) is 10.8 Å². The van der Waals surface area contributed by atoms with Crippen LogP contribution in [0.15, 0.2) is 29.2 Å². The molecule has 1 aromatic carbocycles. The zero-order chi connectivity index (χ0) is 15.5. The Hall–Kier alpha value is -0.910. The third-order valence-corrected chi connectivity index (χ3v) is 6.08. The Morgan fingerprint density at radius 1 is 1.29 bits per heavy atom. The molecule has 21 heavy (non-hydrogen) atoms. The largest absolute Gasteiger partial charge is 0.396 e. The van der Waals surface area contributed by atoms with Gasteiger partial charge >= 0.3 is 0 Å². The Morgan fingerprint density at radius 3 is 2.52 bits per heavy atom. The monoisotopic (exact) mass is 311 g/mol. The quantitative estimate of drug-likeness (QED) is 0.849. The Morgan fingerprint density at radius 2 is 1.95 bits per heavy atom. The van der Waals surface area contributed by atoms with E-state index in [-0.39, 0.29) is 18.6 Å². The highest BCUT2D eigenvalue weighted by Gasteiger charge is 2.30. The highest BCUT2D eigenvalue weighted by atomic mass is 32.2. The van der Waals surface area contributed by atoms with Gasteiger partial charge in [-0.1, -0.05) is 32.4 Å². The average Bonchev–Trinajstić information content (AvgIpc) is 2.93. The van der Waals surface area contributed by atoms with Crippen molar-refractivity contribution in [3.8, 4) is 0 Å². The maximum absolute atomic E-state index is 12.4. The van der Waals surface area contributed by atoms with Crippen LogP contribution in [0.5, 0.6) is 0 Å². The summed E-state index contributed by atoms with van der Waals surface area (Å²) in [5, 5.41) is 9.29. The van der Waals surface area contributed by atoms with E-state index in [0.717, 1.165) is 31.2 Å². The minimum atomic E-state index is -3.50. The topological polar surface area (TPSA) is 66.4 Å². The molecule has 2 N–H and O–H groups in total. The van der Waals surface area contributed by atoms with Gasteiger partial charge < -0.3 is 5.11 Å². The summed E-state index contributed by atoms with van der Waals surface area (Å²) >= 11 is 0. The van der Waals surface area contributed by atoms with Gasteiger partial charge in [0, 0.05) is 12.6 Å². The van der Waals surface area contributed by atoms with Gasteiger partial charge in [0.25, 0.3) is 0 Å². The fourth-order valence-corrected chi connectivity index (χ4v) is 4.23. The van der Waals surface area contributed by atoms with Crippen molar-refractivity contribution in [1.29, 1.82) is 0 Å². The molecule has 0 saturated heterocycles. The number of rotatable bonds is 6. The van der Waals surface area contributed by atoms with E-state index in [2.05, 4.69) is 18.6 Å². The first-order chi connectivity index (χ1) is 9.97. The Bertz CT molecular complexity index is 553. The number of benzene rings is 1. The van der Waals surface area contributed by atoms with Crippen LogP contribution in [0.4, 0.5) is 0 Å². The van der Waals surface area contributed by atoms with Crippen LogP contribution in [-0.4, -0.2) is 26.2 Å². The van der Waals surface area contributed by atoms with Gasteiger partial charge in [-0.25, -0.2) is 13.1 Å². The Balaban J connectivity index is 2.12. The van der Waals surface area contributed by atoms with Crippen LogP contribution in [-0.2, 0) is 10.0 Å². The third kappa shape index (κ3) is 3.84. The summed E-state index contributed by atoms with van der Waals surface area (Å²) in [7, 11) is -3.50. The molecule has 1 saturated carbocycles. The summed E-state index contributed by atoms with van der Waals surface area (Å²) in [5.74, 6) is 0.475. The van der Waals surface area contributed by atoms with Gasteiger partial charge in [0.15, 0.2) is 0 Å². The lowest BCUT2D eigenvalue weighted by atomic mass is 9.99. The summed E-state index contributed by atoms with van der Waals surface area (Å²) in [6.07, 6.45) is 3.68. The molecule has 2 rings (SSSR count). The first-order valence-electron chi connectivity index (χ1n) is 7.71. The van der Waals surface area contributed by atoms with Crippen molar-refractivity contribution in [1.82, 2.24) is 4.72 Å². The minimum Gasteiger partial charge on any atom is -0.396 e. The number of hydrogen-bond acceptors (Lipinski definition) is 3. The number of hydrogen-bond donors (Lipinski definition) is 2. The maximum Gasteiger partial charge on any atom is 0.240 e. The molecule has 1 aromatic rings. The molecule has 4 nitrogen and oxygen atoms in total. The molecule has 0 amide bonds.